The second-order valence-electron chi connectivity index (χ2n) is 7.79. The smallest absolute Gasteiger partial charge is 0.265 e. The van der Waals surface area contributed by atoms with Crippen LogP contribution in [0.15, 0.2) is 60.7 Å². The topological polar surface area (TPSA) is 67.4 Å². The monoisotopic (exact) mass is 416 g/mol. The number of ether oxygens (including phenoxy) is 1. The van der Waals surface area contributed by atoms with Crippen LogP contribution in [0.1, 0.15) is 39.5 Å². The van der Waals surface area contributed by atoms with E-state index in [1.807, 2.05) is 64.1 Å². The zero-order chi connectivity index (χ0) is 22.5. The van der Waals surface area contributed by atoms with Crippen LogP contribution >= 0.6 is 0 Å². The normalized spacial score (nSPS) is 11.5. The number of hydrogen-bond acceptors (Lipinski definition) is 3. The van der Waals surface area contributed by atoms with E-state index < -0.39 is 6.10 Å². The predicted molar refractivity (Wildman–Crippen MR) is 125 cm³/mol. The molecule has 2 N–H and O–H groups in total. The molecule has 0 aromatic heterocycles. The Balaban J connectivity index is 1.61. The maximum atomic E-state index is 12.6. The summed E-state index contributed by atoms with van der Waals surface area (Å²) in [5, 5.41) is 5.85. The molecule has 0 aliphatic rings. The molecule has 0 aliphatic heterocycles. The van der Waals surface area contributed by atoms with Crippen molar-refractivity contribution in [3.05, 3.63) is 88.5 Å². The van der Waals surface area contributed by atoms with Gasteiger partial charge in [0.2, 0.25) is 0 Å². The highest BCUT2D eigenvalue weighted by Crippen LogP contribution is 2.21. The molecule has 0 saturated heterocycles. The van der Waals surface area contributed by atoms with Gasteiger partial charge in [0.25, 0.3) is 11.8 Å². The number of rotatable bonds is 6. The van der Waals surface area contributed by atoms with Crippen molar-refractivity contribution in [3.8, 4) is 5.75 Å². The van der Waals surface area contributed by atoms with Gasteiger partial charge in [-0.2, -0.15) is 0 Å². The molecular formula is C26H28N2O3. The minimum absolute atomic E-state index is 0.194. The first-order chi connectivity index (χ1) is 14.7. The zero-order valence-electron chi connectivity index (χ0n) is 18.6. The van der Waals surface area contributed by atoms with E-state index in [1.165, 1.54) is 0 Å². The molecule has 3 aromatic carbocycles. The van der Waals surface area contributed by atoms with Crippen LogP contribution < -0.4 is 15.4 Å². The molecule has 5 heteroatoms. The van der Waals surface area contributed by atoms with Crippen LogP contribution in [0.3, 0.4) is 0 Å². The van der Waals surface area contributed by atoms with Gasteiger partial charge in [0.05, 0.1) is 0 Å². The predicted octanol–water partition coefficient (Wildman–Crippen LogP) is 5.58. The molecule has 3 rings (SSSR count). The summed E-state index contributed by atoms with van der Waals surface area (Å²) in [6.45, 7) is 9.61. The molecule has 31 heavy (non-hydrogen) atoms. The summed E-state index contributed by atoms with van der Waals surface area (Å²) in [6.07, 6.45) is -0.686. The third-order valence-electron chi connectivity index (χ3n) is 5.30. The molecule has 5 nitrogen and oxygen atoms in total. The molecule has 0 spiro atoms. The van der Waals surface area contributed by atoms with Crippen LogP contribution in [-0.4, -0.2) is 17.9 Å². The van der Waals surface area contributed by atoms with Crippen molar-refractivity contribution in [3.63, 3.8) is 0 Å². The first-order valence-corrected chi connectivity index (χ1v) is 10.3. The van der Waals surface area contributed by atoms with Crippen molar-refractivity contribution in [2.75, 3.05) is 10.6 Å². The number of anilines is 2. The molecule has 0 radical (unpaired) electrons. The van der Waals surface area contributed by atoms with Crippen molar-refractivity contribution in [2.45, 2.75) is 40.7 Å². The molecule has 0 heterocycles. The van der Waals surface area contributed by atoms with Gasteiger partial charge in [-0.25, -0.2) is 0 Å². The molecule has 0 unspecified atom stereocenters. The fourth-order valence-corrected chi connectivity index (χ4v) is 3.13. The number of benzene rings is 3. The van der Waals surface area contributed by atoms with Gasteiger partial charge in [-0.3, -0.25) is 9.59 Å². The molecule has 0 bridgehead atoms. The maximum Gasteiger partial charge on any atom is 0.265 e. The second kappa shape index (κ2) is 9.47. The highest BCUT2D eigenvalue weighted by molar-refractivity contribution is 6.04. The molecule has 0 aliphatic carbocycles. The van der Waals surface area contributed by atoms with Gasteiger partial charge in [0.15, 0.2) is 6.10 Å². The lowest BCUT2D eigenvalue weighted by Crippen LogP contribution is -2.30. The van der Waals surface area contributed by atoms with Crippen LogP contribution in [-0.2, 0) is 4.79 Å². The lowest BCUT2D eigenvalue weighted by Gasteiger charge is -2.16. The lowest BCUT2D eigenvalue weighted by atomic mass is 10.1. The summed E-state index contributed by atoms with van der Waals surface area (Å²) in [5.41, 5.74) is 6.31. The number of carbonyl (C=O) groups excluding carboxylic acids is 2. The Kier molecular flexibility index (Phi) is 6.75. The second-order valence-corrected chi connectivity index (χ2v) is 7.79. The van der Waals surface area contributed by atoms with E-state index in [0.29, 0.717) is 11.3 Å². The molecule has 0 fully saturated rings. The molecule has 160 valence electrons. The first-order valence-electron chi connectivity index (χ1n) is 10.3. The van der Waals surface area contributed by atoms with Gasteiger partial charge in [-0.15, -0.1) is 0 Å². The van der Waals surface area contributed by atoms with Crippen LogP contribution in [0.2, 0.25) is 0 Å². The molecule has 0 saturated carbocycles. The van der Waals surface area contributed by atoms with Crippen molar-refractivity contribution in [1.82, 2.24) is 0 Å². The van der Waals surface area contributed by atoms with Gasteiger partial charge in [0, 0.05) is 16.9 Å². The number of carbonyl (C=O) groups is 2. The highest BCUT2D eigenvalue weighted by atomic mass is 16.5. The number of hydrogen-bond donors (Lipinski definition) is 2. The van der Waals surface area contributed by atoms with Crippen LogP contribution in [0.25, 0.3) is 0 Å². The highest BCUT2D eigenvalue weighted by Gasteiger charge is 2.16. The molecule has 3 aromatic rings. The van der Waals surface area contributed by atoms with E-state index in [2.05, 4.69) is 10.6 Å². The minimum atomic E-state index is -0.686. The molecule has 1 atom stereocenters. The fourth-order valence-electron chi connectivity index (χ4n) is 3.13. The first kappa shape index (κ1) is 22.1. The van der Waals surface area contributed by atoms with Crippen molar-refractivity contribution in [1.29, 1.82) is 0 Å². The van der Waals surface area contributed by atoms with Crippen molar-refractivity contribution in [2.24, 2.45) is 0 Å². The summed E-state index contributed by atoms with van der Waals surface area (Å²) >= 11 is 0. The largest absolute Gasteiger partial charge is 0.481 e. The SMILES string of the molecule is Cc1ccc(C)c(NC(=O)[C@@H](C)Oc2ccc(C(=O)Nc3cccc(C)c3C)cc2)c1. The quantitative estimate of drug-likeness (QED) is 0.551. The third-order valence-corrected chi connectivity index (χ3v) is 5.30. The Morgan fingerprint density at radius 1 is 0.806 bits per heavy atom. The zero-order valence-corrected chi connectivity index (χ0v) is 18.6. The maximum absolute atomic E-state index is 12.6. The Morgan fingerprint density at radius 3 is 2.23 bits per heavy atom. The third kappa shape index (κ3) is 5.51. The fraction of sp³-hybridized carbons (Fsp3) is 0.231. The van der Waals surface area contributed by atoms with E-state index in [9.17, 15) is 9.59 Å². The van der Waals surface area contributed by atoms with Gasteiger partial charge < -0.3 is 15.4 Å². The van der Waals surface area contributed by atoms with Crippen molar-refractivity contribution >= 4 is 23.2 Å². The van der Waals surface area contributed by atoms with E-state index >= 15 is 0 Å². The van der Waals surface area contributed by atoms with Gasteiger partial charge in [0.1, 0.15) is 5.75 Å². The molecular weight excluding hydrogens is 388 g/mol. The Morgan fingerprint density at radius 2 is 1.52 bits per heavy atom. The van der Waals surface area contributed by atoms with Crippen LogP contribution in [0.4, 0.5) is 11.4 Å². The average molecular weight is 417 g/mol. The Bertz CT molecular complexity index is 1100. The molecule has 2 amide bonds. The summed E-state index contributed by atoms with van der Waals surface area (Å²) in [6, 6.07) is 18.5. The number of amides is 2. The summed E-state index contributed by atoms with van der Waals surface area (Å²) in [4.78, 5) is 25.1. The lowest BCUT2D eigenvalue weighted by molar-refractivity contribution is -0.122. The van der Waals surface area contributed by atoms with Gasteiger partial charge >= 0.3 is 0 Å². The number of nitrogens with one attached hydrogen (secondary N) is 2. The standard InChI is InChI=1S/C26H28N2O3/c1-16-9-10-18(3)24(15-16)28-25(29)20(5)31-22-13-11-21(12-14-22)26(30)27-23-8-6-7-17(2)19(23)4/h6-15,20H,1-5H3,(H,27,30)(H,28,29)/t20-/m1/s1. The minimum Gasteiger partial charge on any atom is -0.481 e. The summed E-state index contributed by atoms with van der Waals surface area (Å²) in [5.74, 6) is 0.0957. The van der Waals surface area contributed by atoms with Gasteiger partial charge in [-0.1, -0.05) is 24.3 Å². The Hall–Kier alpha value is -3.60. The van der Waals surface area contributed by atoms with E-state index in [1.54, 1.807) is 31.2 Å². The van der Waals surface area contributed by atoms with E-state index in [4.69, 9.17) is 4.74 Å². The van der Waals surface area contributed by atoms with E-state index in [0.717, 1.165) is 33.6 Å². The van der Waals surface area contributed by atoms with Crippen molar-refractivity contribution < 1.29 is 14.3 Å². The van der Waals surface area contributed by atoms with E-state index in [-0.39, 0.29) is 11.8 Å². The van der Waals surface area contributed by atoms with Gasteiger partial charge in [-0.05, 0) is 93.3 Å². The summed E-state index contributed by atoms with van der Waals surface area (Å²) in [7, 11) is 0. The average Bonchev–Trinajstić information content (AvgIpc) is 2.74. The summed E-state index contributed by atoms with van der Waals surface area (Å²) < 4.78 is 5.76. The van der Waals surface area contributed by atoms with Crippen LogP contribution in [0.5, 0.6) is 5.75 Å². The Labute approximate surface area is 183 Å². The number of aryl methyl sites for hydroxylation is 3. The van der Waals surface area contributed by atoms with Crippen LogP contribution in [0, 0.1) is 27.7 Å².